The molecule has 0 aliphatic carbocycles. The van der Waals surface area contributed by atoms with Gasteiger partial charge in [0.2, 0.25) is 0 Å². The van der Waals surface area contributed by atoms with Crippen molar-refractivity contribution in [1.82, 2.24) is 0 Å². The normalized spacial score (nSPS) is 7.33. The van der Waals surface area contributed by atoms with E-state index in [1.54, 1.807) is 6.92 Å². The van der Waals surface area contributed by atoms with E-state index in [1.807, 2.05) is 0 Å². The van der Waals surface area contributed by atoms with Gasteiger partial charge >= 0.3 is 0 Å². The van der Waals surface area contributed by atoms with Crippen LogP contribution in [-0.2, 0) is 0 Å². The van der Waals surface area contributed by atoms with E-state index >= 15 is 0 Å². The van der Waals surface area contributed by atoms with Crippen LogP contribution in [0.5, 0.6) is 0 Å². The van der Waals surface area contributed by atoms with Gasteiger partial charge in [0, 0.05) is 0 Å². The molecule has 34 valence electrons. The fourth-order valence-electron chi connectivity index (χ4n) is 0.167. The highest BCUT2D eigenvalue weighted by Gasteiger charge is 1.74. The van der Waals surface area contributed by atoms with Crippen LogP contribution in [0.25, 0.3) is 0 Å². The number of rotatable bonds is 0. The SMILES string of the molecule is CC#CC(N)N. The second-order valence-electron chi connectivity index (χ2n) is 0.920. The summed E-state index contributed by atoms with van der Waals surface area (Å²) in [7, 11) is 0. The van der Waals surface area contributed by atoms with Gasteiger partial charge in [0.15, 0.2) is 0 Å². The zero-order chi connectivity index (χ0) is 4.99. The molecule has 6 heavy (non-hydrogen) atoms. The molecule has 0 saturated carbocycles. The lowest BCUT2D eigenvalue weighted by Gasteiger charge is -1.85. The first kappa shape index (κ1) is 5.48. The standard InChI is InChI=1S/C4H8N2/c1-2-3-4(5)6/h4H,5-6H2,1H3. The Labute approximate surface area is 37.5 Å². The molecule has 0 atom stereocenters. The summed E-state index contributed by atoms with van der Waals surface area (Å²) in [5.41, 5.74) is 10.0. The van der Waals surface area contributed by atoms with E-state index in [2.05, 4.69) is 11.8 Å². The minimum atomic E-state index is -0.463. The smallest absolute Gasteiger partial charge is 0.116 e. The molecule has 2 nitrogen and oxygen atoms in total. The van der Waals surface area contributed by atoms with E-state index in [1.165, 1.54) is 0 Å². The molecule has 0 aromatic carbocycles. The Morgan fingerprint density at radius 2 is 2.00 bits per heavy atom. The topological polar surface area (TPSA) is 52.0 Å². The first-order valence-corrected chi connectivity index (χ1v) is 1.71. The molecule has 0 radical (unpaired) electrons. The van der Waals surface area contributed by atoms with Gasteiger partial charge in [-0.15, -0.1) is 5.92 Å². The van der Waals surface area contributed by atoms with Crippen molar-refractivity contribution in [2.45, 2.75) is 13.1 Å². The third-order valence-corrected chi connectivity index (χ3v) is 0.311. The Hall–Kier alpha value is -0.520. The number of hydrogen-bond donors (Lipinski definition) is 2. The molecule has 0 fully saturated rings. The lowest BCUT2D eigenvalue weighted by Crippen LogP contribution is -2.27. The summed E-state index contributed by atoms with van der Waals surface area (Å²) in [5.74, 6) is 5.08. The van der Waals surface area contributed by atoms with Crippen LogP contribution in [0.3, 0.4) is 0 Å². The van der Waals surface area contributed by atoms with Crippen molar-refractivity contribution in [1.29, 1.82) is 0 Å². The predicted molar refractivity (Wildman–Crippen MR) is 25.6 cm³/mol. The van der Waals surface area contributed by atoms with E-state index in [4.69, 9.17) is 11.5 Å². The van der Waals surface area contributed by atoms with E-state index in [0.717, 1.165) is 0 Å². The first-order chi connectivity index (χ1) is 2.77. The van der Waals surface area contributed by atoms with Crippen LogP contribution in [0, 0.1) is 11.8 Å². The minimum Gasteiger partial charge on any atom is -0.306 e. The fourth-order valence-corrected chi connectivity index (χ4v) is 0.167. The molecule has 0 heterocycles. The average Bonchev–Trinajstić information content (AvgIpc) is 1.35. The summed E-state index contributed by atoms with van der Waals surface area (Å²) in [4.78, 5) is 0. The molecule has 0 spiro atoms. The Balaban J connectivity index is 3.20. The maximum absolute atomic E-state index is 5.01. The molecule has 2 heteroatoms. The lowest BCUT2D eigenvalue weighted by molar-refractivity contribution is 0.906. The van der Waals surface area contributed by atoms with E-state index in [9.17, 15) is 0 Å². The Morgan fingerprint density at radius 1 is 1.50 bits per heavy atom. The van der Waals surface area contributed by atoms with Crippen molar-refractivity contribution in [3.05, 3.63) is 0 Å². The molecule has 0 saturated heterocycles. The van der Waals surface area contributed by atoms with Gasteiger partial charge < -0.3 is 11.5 Å². The molecule has 0 unspecified atom stereocenters. The summed E-state index contributed by atoms with van der Waals surface area (Å²) >= 11 is 0. The van der Waals surface area contributed by atoms with Crippen LogP contribution < -0.4 is 11.5 Å². The highest BCUT2D eigenvalue weighted by molar-refractivity contribution is 5.00. The third kappa shape index (κ3) is 3.48. The van der Waals surface area contributed by atoms with Crippen LogP contribution in [0.15, 0.2) is 0 Å². The summed E-state index contributed by atoms with van der Waals surface area (Å²) < 4.78 is 0. The molecular weight excluding hydrogens is 76.1 g/mol. The van der Waals surface area contributed by atoms with Crippen LogP contribution in [0.1, 0.15) is 6.92 Å². The quantitative estimate of drug-likeness (QED) is 0.300. The monoisotopic (exact) mass is 84.1 g/mol. The number of nitrogens with two attached hydrogens (primary N) is 2. The van der Waals surface area contributed by atoms with Gasteiger partial charge in [-0.25, -0.2) is 0 Å². The van der Waals surface area contributed by atoms with E-state index in [0.29, 0.717) is 0 Å². The van der Waals surface area contributed by atoms with E-state index < -0.39 is 6.17 Å². The fraction of sp³-hybridized carbons (Fsp3) is 0.500. The Kier molecular flexibility index (Phi) is 2.47. The molecule has 0 aliphatic rings. The zero-order valence-corrected chi connectivity index (χ0v) is 3.73. The molecule has 0 amide bonds. The minimum absolute atomic E-state index is 0.463. The van der Waals surface area contributed by atoms with Crippen LogP contribution in [0.2, 0.25) is 0 Å². The van der Waals surface area contributed by atoms with Crippen molar-refractivity contribution in [2.24, 2.45) is 11.5 Å². The van der Waals surface area contributed by atoms with Crippen molar-refractivity contribution in [3.63, 3.8) is 0 Å². The summed E-state index contributed by atoms with van der Waals surface area (Å²) in [6, 6.07) is 0. The van der Waals surface area contributed by atoms with Crippen LogP contribution in [-0.4, -0.2) is 6.17 Å². The predicted octanol–water partition coefficient (Wildman–Crippen LogP) is -0.747. The van der Waals surface area contributed by atoms with Gasteiger partial charge in [-0.3, -0.25) is 0 Å². The van der Waals surface area contributed by atoms with Gasteiger partial charge in [0.25, 0.3) is 0 Å². The Morgan fingerprint density at radius 3 is 2.00 bits per heavy atom. The molecular formula is C4H8N2. The summed E-state index contributed by atoms with van der Waals surface area (Å²) in [6.07, 6.45) is -0.463. The molecule has 0 bridgehead atoms. The molecule has 4 N–H and O–H groups in total. The largest absolute Gasteiger partial charge is 0.306 e. The average molecular weight is 84.1 g/mol. The zero-order valence-electron chi connectivity index (χ0n) is 3.73. The maximum atomic E-state index is 5.01. The van der Waals surface area contributed by atoms with E-state index in [-0.39, 0.29) is 0 Å². The third-order valence-electron chi connectivity index (χ3n) is 0.311. The summed E-state index contributed by atoms with van der Waals surface area (Å²) in [6.45, 7) is 1.70. The number of hydrogen-bond acceptors (Lipinski definition) is 2. The van der Waals surface area contributed by atoms with Crippen molar-refractivity contribution in [3.8, 4) is 11.8 Å². The molecule has 0 aliphatic heterocycles. The Bertz CT molecular complexity index is 75.3. The molecule has 0 aromatic rings. The maximum Gasteiger partial charge on any atom is 0.116 e. The van der Waals surface area contributed by atoms with Gasteiger partial charge in [-0.1, -0.05) is 5.92 Å². The van der Waals surface area contributed by atoms with Gasteiger partial charge in [-0.05, 0) is 6.92 Å². The first-order valence-electron chi connectivity index (χ1n) is 1.71. The molecule has 0 rings (SSSR count). The second kappa shape index (κ2) is 2.70. The highest BCUT2D eigenvalue weighted by atomic mass is 14.8. The van der Waals surface area contributed by atoms with Crippen LogP contribution in [0.4, 0.5) is 0 Å². The van der Waals surface area contributed by atoms with Crippen LogP contribution >= 0.6 is 0 Å². The van der Waals surface area contributed by atoms with Crippen molar-refractivity contribution >= 4 is 0 Å². The lowest BCUT2D eigenvalue weighted by atomic mass is 10.5. The van der Waals surface area contributed by atoms with Gasteiger partial charge in [-0.2, -0.15) is 0 Å². The molecule has 0 aromatic heterocycles. The van der Waals surface area contributed by atoms with Gasteiger partial charge in [0.05, 0.1) is 0 Å². The highest BCUT2D eigenvalue weighted by Crippen LogP contribution is 1.51. The van der Waals surface area contributed by atoms with Gasteiger partial charge in [0.1, 0.15) is 6.17 Å². The second-order valence-corrected chi connectivity index (χ2v) is 0.920. The summed E-state index contributed by atoms with van der Waals surface area (Å²) in [5, 5.41) is 0. The van der Waals surface area contributed by atoms with Crippen molar-refractivity contribution < 1.29 is 0 Å². The van der Waals surface area contributed by atoms with Crippen molar-refractivity contribution in [2.75, 3.05) is 0 Å².